The van der Waals surface area contributed by atoms with Gasteiger partial charge >= 0.3 is 6.09 Å². The van der Waals surface area contributed by atoms with Gasteiger partial charge in [-0.25, -0.2) is 9.37 Å². The van der Waals surface area contributed by atoms with Crippen LogP contribution < -0.4 is 27.5 Å². The van der Waals surface area contributed by atoms with Gasteiger partial charge in [-0.1, -0.05) is 36.4 Å². The first-order valence-electron chi connectivity index (χ1n) is 15.2. The summed E-state index contributed by atoms with van der Waals surface area (Å²) >= 11 is 0. The quantitative estimate of drug-likeness (QED) is 0.350. The Balaban J connectivity index is 0.00000506. The fourth-order valence-electron chi connectivity index (χ4n) is 5.39. The zero-order valence-electron chi connectivity index (χ0n) is 26.4. The summed E-state index contributed by atoms with van der Waals surface area (Å²) in [5, 5.41) is 2.97. The van der Waals surface area contributed by atoms with E-state index in [4.69, 9.17) is 4.74 Å². The number of ether oxygens (including phenoxy) is 1. The first-order valence-corrected chi connectivity index (χ1v) is 15.2. The minimum atomic E-state index is -0.309. The number of rotatable bonds is 9. The molecule has 0 spiro atoms. The van der Waals surface area contributed by atoms with E-state index < -0.39 is 0 Å². The number of nitrogens with one attached hydrogen (secondary N) is 1. The van der Waals surface area contributed by atoms with Crippen molar-refractivity contribution >= 4 is 28.8 Å². The van der Waals surface area contributed by atoms with Crippen LogP contribution in [0, 0.1) is 0 Å². The highest BCUT2D eigenvalue weighted by Crippen LogP contribution is 2.32. The number of nitrogens with zero attached hydrogens (tertiary/aromatic N) is 3. The number of hydrogen-bond donors (Lipinski definition) is 1. The van der Waals surface area contributed by atoms with Crippen LogP contribution >= 0.6 is 0 Å². The molecule has 0 heterocycles. The molecule has 2 aliphatic rings. The molecule has 0 saturated carbocycles. The van der Waals surface area contributed by atoms with Crippen molar-refractivity contribution in [1.82, 2.24) is 5.32 Å². The van der Waals surface area contributed by atoms with Gasteiger partial charge in [0.05, 0.1) is 0 Å². The van der Waals surface area contributed by atoms with Gasteiger partial charge in [0.25, 0.3) is 0 Å². The number of amides is 1. The van der Waals surface area contributed by atoms with Gasteiger partial charge in [0, 0.05) is 57.3 Å². The molecule has 2 aromatic rings. The Bertz CT molecular complexity index is 1330. The molecule has 0 radical (unpaired) electrons. The van der Waals surface area contributed by atoms with Crippen molar-refractivity contribution < 1.29 is 26.5 Å². The summed E-state index contributed by atoms with van der Waals surface area (Å²) in [6, 6.07) is 17.5. The average molecular weight is 603 g/mol. The third kappa shape index (κ3) is 9.62. The van der Waals surface area contributed by atoms with Gasteiger partial charge in [-0.2, -0.15) is 0 Å². The van der Waals surface area contributed by atoms with Gasteiger partial charge in [-0.15, -0.1) is 0 Å². The molecule has 0 saturated heterocycles. The molecular weight excluding hydrogens is 556 g/mol. The molecule has 7 heteroatoms. The van der Waals surface area contributed by atoms with E-state index in [0.717, 1.165) is 44.3 Å². The van der Waals surface area contributed by atoms with E-state index in [0.29, 0.717) is 13.1 Å². The van der Waals surface area contributed by atoms with Crippen LogP contribution in [-0.2, 0) is 4.74 Å². The van der Waals surface area contributed by atoms with Gasteiger partial charge in [0.2, 0.25) is 0 Å². The first kappa shape index (κ1) is 33.7. The minimum Gasteiger partial charge on any atom is -1.00 e. The van der Waals surface area contributed by atoms with E-state index in [-0.39, 0.29) is 24.6 Å². The number of likely N-dealkylation sites (N-methyl/N-ethyl adjacent to an activating group) is 1. The molecule has 2 aliphatic carbocycles. The topological polar surface area (TPSA) is 47.8 Å². The predicted octanol–water partition coefficient (Wildman–Crippen LogP) is 3.84. The van der Waals surface area contributed by atoms with E-state index in [1.54, 1.807) is 0 Å². The summed E-state index contributed by atoms with van der Waals surface area (Å²) in [6.45, 7) is 4.24. The Morgan fingerprint density at radius 2 is 1.49 bits per heavy atom. The third-order valence-electron chi connectivity index (χ3n) is 7.89. The van der Waals surface area contributed by atoms with Crippen LogP contribution in [-0.4, -0.2) is 70.3 Å². The summed E-state index contributed by atoms with van der Waals surface area (Å²) in [6.07, 6.45) is 17.8. The highest BCUT2D eigenvalue weighted by molar-refractivity contribution is 6.04. The predicted molar refractivity (Wildman–Crippen MR) is 177 cm³/mol. The summed E-state index contributed by atoms with van der Waals surface area (Å²) in [5.41, 5.74) is 8.22. The number of allylic oxidation sites excluding steroid dienone is 7. The standard InChI is InChI=1S/C36H46N4O2.ClH/c1-6-40(27-26-37-36(41)42-34-12-10-8-7-9-11-13-34)33-24-18-30(19-25-33)35(28-14-20-31(21-15-28)38(2)3)29-16-22-32(23-17-29)39(4)5;/h7-8,14-25,34H,6,9-13,26-27H2,1-5H3;1H/b8-7+;. The molecule has 6 nitrogen and oxygen atoms in total. The summed E-state index contributed by atoms with van der Waals surface area (Å²) in [7, 11) is 8.25. The zero-order chi connectivity index (χ0) is 29.9. The maximum atomic E-state index is 12.4. The number of anilines is 2. The highest BCUT2D eigenvalue weighted by atomic mass is 35.5. The number of alkyl carbamates (subject to hydrolysis) is 1. The van der Waals surface area contributed by atoms with Crippen molar-refractivity contribution in [2.75, 3.05) is 57.6 Å². The average Bonchev–Trinajstić information content (AvgIpc) is 2.98. The molecule has 0 aromatic heterocycles. The summed E-state index contributed by atoms with van der Waals surface area (Å²) in [5.74, 6) is 0. The van der Waals surface area contributed by atoms with Gasteiger partial charge in [0.1, 0.15) is 20.2 Å². The summed E-state index contributed by atoms with van der Waals surface area (Å²) in [4.78, 5) is 16.8. The second kappa shape index (κ2) is 16.8. The maximum Gasteiger partial charge on any atom is 0.407 e. The fourth-order valence-corrected chi connectivity index (χ4v) is 5.39. The van der Waals surface area contributed by atoms with E-state index in [2.05, 4.69) is 140 Å². The van der Waals surface area contributed by atoms with Crippen LogP contribution in [0.25, 0.3) is 5.57 Å². The van der Waals surface area contributed by atoms with Crippen molar-refractivity contribution in [3.8, 4) is 0 Å². The Kier molecular flexibility index (Phi) is 13.1. The lowest BCUT2D eigenvalue weighted by Gasteiger charge is -2.24. The van der Waals surface area contributed by atoms with Gasteiger partial charge in [0.15, 0.2) is 5.71 Å². The fraction of sp³-hybridized carbons (Fsp3) is 0.389. The van der Waals surface area contributed by atoms with Crippen LogP contribution in [0.5, 0.6) is 0 Å². The maximum absolute atomic E-state index is 12.4. The lowest BCUT2D eigenvalue weighted by atomic mass is 9.90. The molecule has 0 aliphatic heterocycles. The van der Waals surface area contributed by atoms with E-state index in [1.807, 2.05) is 0 Å². The Morgan fingerprint density at radius 3 is 2.07 bits per heavy atom. The number of benzene rings is 2. The van der Waals surface area contributed by atoms with E-state index in [9.17, 15) is 4.79 Å². The number of halogens is 1. The Morgan fingerprint density at radius 1 is 0.884 bits per heavy atom. The second-order valence-electron chi connectivity index (χ2n) is 11.3. The molecule has 1 amide bonds. The molecule has 1 atom stereocenters. The minimum absolute atomic E-state index is 0. The first-order chi connectivity index (χ1) is 20.4. The molecule has 2 aromatic carbocycles. The van der Waals surface area contributed by atoms with Crippen LogP contribution in [0.2, 0.25) is 0 Å². The molecule has 230 valence electrons. The molecule has 43 heavy (non-hydrogen) atoms. The molecule has 1 N–H and O–H groups in total. The summed E-state index contributed by atoms with van der Waals surface area (Å²) < 4.78 is 7.82. The van der Waals surface area contributed by atoms with Crippen molar-refractivity contribution in [3.05, 3.63) is 102 Å². The van der Waals surface area contributed by atoms with Gasteiger partial charge in [-0.05, 0) is 97.7 Å². The van der Waals surface area contributed by atoms with E-state index in [1.165, 1.54) is 33.7 Å². The van der Waals surface area contributed by atoms with Crippen molar-refractivity contribution in [3.63, 3.8) is 0 Å². The normalized spacial score (nSPS) is 16.8. The highest BCUT2D eigenvalue weighted by Gasteiger charge is 2.16. The van der Waals surface area contributed by atoms with Crippen molar-refractivity contribution in [1.29, 1.82) is 0 Å². The Hall–Kier alpha value is -3.77. The van der Waals surface area contributed by atoms with Crippen LogP contribution in [0.3, 0.4) is 0 Å². The number of carbonyl (C=O) groups is 1. The van der Waals surface area contributed by atoms with E-state index >= 15 is 0 Å². The zero-order valence-corrected chi connectivity index (χ0v) is 27.1. The van der Waals surface area contributed by atoms with Crippen LogP contribution in [0.15, 0.2) is 90.6 Å². The second-order valence-corrected chi connectivity index (χ2v) is 11.3. The van der Waals surface area contributed by atoms with Crippen molar-refractivity contribution in [2.24, 2.45) is 0 Å². The SMILES string of the molecule is CCN(CCNC(=O)OC1CC/C=C/CCC1)c1ccc(C(=C2C=CC(=[N+](C)C)C=C2)c2ccc(N(C)C)cc2)cc1.[Cl-]. The molecule has 0 fully saturated rings. The monoisotopic (exact) mass is 602 g/mol. The van der Waals surface area contributed by atoms with Gasteiger partial charge in [-0.3, -0.25) is 0 Å². The molecule has 1 unspecified atom stereocenters. The lowest BCUT2D eigenvalue weighted by molar-refractivity contribution is -0.462. The van der Waals surface area contributed by atoms with Crippen LogP contribution in [0.1, 0.15) is 50.2 Å². The molecule has 4 rings (SSSR count). The number of carbonyl (C=O) groups excluding carboxylic acids is 1. The third-order valence-corrected chi connectivity index (χ3v) is 7.89. The molecule has 0 bridgehead atoms. The molecular formula is C36H47ClN4O2. The van der Waals surface area contributed by atoms with Crippen molar-refractivity contribution in [2.45, 2.75) is 45.1 Å². The van der Waals surface area contributed by atoms with Crippen LogP contribution in [0.4, 0.5) is 16.2 Å². The number of hydrogen-bond acceptors (Lipinski definition) is 4. The Labute approximate surface area is 264 Å². The lowest BCUT2D eigenvalue weighted by Crippen LogP contribution is -3.00. The smallest absolute Gasteiger partial charge is 0.407 e. The van der Waals surface area contributed by atoms with Gasteiger partial charge < -0.3 is 32.3 Å². The largest absolute Gasteiger partial charge is 1.00 e.